The summed E-state index contributed by atoms with van der Waals surface area (Å²) < 4.78 is 39.4. The van der Waals surface area contributed by atoms with E-state index in [1.165, 1.54) is 10.6 Å². The Hall–Kier alpha value is -2.37. The normalized spacial score (nSPS) is 11.9. The number of alkyl halides is 3. The zero-order chi connectivity index (χ0) is 13.5. The summed E-state index contributed by atoms with van der Waals surface area (Å²) in [5.74, 6) is 0.275. The lowest BCUT2D eigenvalue weighted by molar-refractivity contribution is -0.137. The Morgan fingerprint density at radius 2 is 1.84 bits per heavy atom. The zero-order valence-corrected chi connectivity index (χ0v) is 9.59. The first kappa shape index (κ1) is 11.7. The molecule has 0 bridgehead atoms. The van der Waals surface area contributed by atoms with E-state index in [0.717, 1.165) is 12.1 Å². The van der Waals surface area contributed by atoms with Gasteiger partial charge < -0.3 is 0 Å². The molecule has 0 aliphatic heterocycles. The predicted molar refractivity (Wildman–Crippen MR) is 63.4 cm³/mol. The summed E-state index contributed by atoms with van der Waals surface area (Å²) in [6.45, 7) is 0. The molecule has 0 spiro atoms. The SMILES string of the molecule is FC(F)(F)c1cccc(-c2nc3ccccn3n2)c1. The molecule has 3 rings (SSSR count). The standard InChI is InChI=1S/C13H8F3N3/c14-13(15,16)10-5-3-4-9(8-10)12-17-11-6-1-2-7-19(11)18-12/h1-8H. The molecule has 0 unspecified atom stereocenters. The Morgan fingerprint density at radius 1 is 1.00 bits per heavy atom. The van der Waals surface area contributed by atoms with Gasteiger partial charge in [0.05, 0.1) is 5.56 Å². The van der Waals surface area contributed by atoms with E-state index >= 15 is 0 Å². The Balaban J connectivity index is 2.11. The molecule has 3 aromatic rings. The maximum atomic E-state index is 12.6. The molecule has 3 nitrogen and oxygen atoms in total. The van der Waals surface area contributed by atoms with E-state index in [1.807, 2.05) is 0 Å². The van der Waals surface area contributed by atoms with Gasteiger partial charge in [0.2, 0.25) is 0 Å². The Bertz CT molecular complexity index is 698. The predicted octanol–water partition coefficient (Wildman–Crippen LogP) is 3.42. The average Bonchev–Trinajstić information content (AvgIpc) is 2.81. The molecule has 0 amide bonds. The molecular formula is C13H8F3N3. The minimum Gasteiger partial charge on any atom is -0.221 e. The van der Waals surface area contributed by atoms with Gasteiger partial charge in [0, 0.05) is 11.8 Å². The summed E-state index contributed by atoms with van der Waals surface area (Å²) in [7, 11) is 0. The maximum absolute atomic E-state index is 12.6. The van der Waals surface area contributed by atoms with Crippen LogP contribution in [0, 0.1) is 0 Å². The topological polar surface area (TPSA) is 30.2 Å². The van der Waals surface area contributed by atoms with Crippen molar-refractivity contribution in [2.24, 2.45) is 0 Å². The highest BCUT2D eigenvalue weighted by atomic mass is 19.4. The summed E-state index contributed by atoms with van der Waals surface area (Å²) in [5, 5.41) is 4.14. The molecule has 0 saturated carbocycles. The minimum atomic E-state index is -4.37. The first-order valence-electron chi connectivity index (χ1n) is 5.53. The third-order valence-corrected chi connectivity index (χ3v) is 2.69. The quantitative estimate of drug-likeness (QED) is 0.673. The van der Waals surface area contributed by atoms with Gasteiger partial charge in [0.1, 0.15) is 0 Å². The van der Waals surface area contributed by atoms with Crippen LogP contribution in [0.1, 0.15) is 5.56 Å². The van der Waals surface area contributed by atoms with Crippen LogP contribution in [0.2, 0.25) is 0 Å². The van der Waals surface area contributed by atoms with Crippen LogP contribution in [0.15, 0.2) is 48.7 Å². The van der Waals surface area contributed by atoms with E-state index < -0.39 is 11.7 Å². The fraction of sp³-hybridized carbons (Fsp3) is 0.0769. The van der Waals surface area contributed by atoms with Crippen molar-refractivity contribution >= 4 is 5.65 Å². The lowest BCUT2D eigenvalue weighted by Gasteiger charge is -2.06. The van der Waals surface area contributed by atoms with Crippen LogP contribution >= 0.6 is 0 Å². The van der Waals surface area contributed by atoms with Crippen molar-refractivity contribution in [1.82, 2.24) is 14.6 Å². The van der Waals surface area contributed by atoms with Crippen LogP contribution < -0.4 is 0 Å². The first-order chi connectivity index (χ1) is 9.04. The molecule has 0 radical (unpaired) electrons. The fourth-order valence-corrected chi connectivity index (χ4v) is 1.79. The number of hydrogen-bond donors (Lipinski definition) is 0. The molecule has 1 aromatic carbocycles. The van der Waals surface area contributed by atoms with E-state index in [2.05, 4.69) is 10.1 Å². The highest BCUT2D eigenvalue weighted by molar-refractivity contribution is 5.59. The molecule has 0 N–H and O–H groups in total. The number of pyridine rings is 1. The Labute approximate surface area is 106 Å². The minimum absolute atomic E-state index is 0.275. The molecule has 96 valence electrons. The van der Waals surface area contributed by atoms with Gasteiger partial charge in [-0.25, -0.2) is 9.50 Å². The van der Waals surface area contributed by atoms with Crippen molar-refractivity contribution in [3.05, 3.63) is 54.2 Å². The Morgan fingerprint density at radius 3 is 2.58 bits per heavy atom. The van der Waals surface area contributed by atoms with E-state index in [4.69, 9.17) is 0 Å². The second kappa shape index (κ2) is 4.08. The fourth-order valence-electron chi connectivity index (χ4n) is 1.79. The summed E-state index contributed by atoms with van der Waals surface area (Å²) in [4.78, 5) is 4.19. The van der Waals surface area contributed by atoms with Crippen molar-refractivity contribution in [3.8, 4) is 11.4 Å². The van der Waals surface area contributed by atoms with Crippen LogP contribution in [0.25, 0.3) is 17.0 Å². The number of rotatable bonds is 1. The number of aromatic nitrogens is 3. The Kier molecular flexibility index (Phi) is 2.51. The molecule has 0 fully saturated rings. The van der Waals surface area contributed by atoms with Gasteiger partial charge in [-0.1, -0.05) is 18.2 Å². The first-order valence-corrected chi connectivity index (χ1v) is 5.53. The summed E-state index contributed by atoms with van der Waals surface area (Å²) in [6, 6.07) is 10.3. The largest absolute Gasteiger partial charge is 0.416 e. The third-order valence-electron chi connectivity index (χ3n) is 2.69. The summed E-state index contributed by atoms with van der Waals surface area (Å²) in [5.41, 5.74) is 0.234. The van der Waals surface area contributed by atoms with Crippen molar-refractivity contribution in [3.63, 3.8) is 0 Å². The van der Waals surface area contributed by atoms with Crippen molar-refractivity contribution in [1.29, 1.82) is 0 Å². The monoisotopic (exact) mass is 263 g/mol. The van der Waals surface area contributed by atoms with Crippen LogP contribution in [-0.4, -0.2) is 14.6 Å². The lowest BCUT2D eigenvalue weighted by Crippen LogP contribution is -2.04. The molecule has 0 aliphatic carbocycles. The zero-order valence-electron chi connectivity index (χ0n) is 9.59. The van der Waals surface area contributed by atoms with Gasteiger partial charge in [-0.15, -0.1) is 5.10 Å². The third kappa shape index (κ3) is 2.16. The molecule has 19 heavy (non-hydrogen) atoms. The van der Waals surface area contributed by atoms with Gasteiger partial charge in [0.25, 0.3) is 0 Å². The van der Waals surface area contributed by atoms with Crippen LogP contribution in [-0.2, 0) is 6.18 Å². The van der Waals surface area contributed by atoms with E-state index in [9.17, 15) is 13.2 Å². The van der Waals surface area contributed by atoms with Gasteiger partial charge in [-0.05, 0) is 24.3 Å². The van der Waals surface area contributed by atoms with E-state index in [1.54, 1.807) is 30.5 Å². The van der Waals surface area contributed by atoms with Crippen LogP contribution in [0.4, 0.5) is 13.2 Å². The van der Waals surface area contributed by atoms with E-state index in [0.29, 0.717) is 11.2 Å². The van der Waals surface area contributed by atoms with Gasteiger partial charge in [0.15, 0.2) is 11.5 Å². The second-order valence-electron chi connectivity index (χ2n) is 4.02. The number of halogens is 3. The average molecular weight is 263 g/mol. The molecule has 2 heterocycles. The van der Waals surface area contributed by atoms with Gasteiger partial charge in [-0.3, -0.25) is 0 Å². The molecule has 2 aromatic heterocycles. The van der Waals surface area contributed by atoms with Crippen molar-refractivity contribution < 1.29 is 13.2 Å². The van der Waals surface area contributed by atoms with E-state index in [-0.39, 0.29) is 5.82 Å². The maximum Gasteiger partial charge on any atom is 0.416 e. The number of benzene rings is 1. The molecule has 6 heteroatoms. The second-order valence-corrected chi connectivity index (χ2v) is 4.02. The molecular weight excluding hydrogens is 255 g/mol. The molecule has 0 atom stereocenters. The van der Waals surface area contributed by atoms with Crippen molar-refractivity contribution in [2.45, 2.75) is 6.18 Å². The number of nitrogens with zero attached hydrogens (tertiary/aromatic N) is 3. The summed E-state index contributed by atoms with van der Waals surface area (Å²) >= 11 is 0. The van der Waals surface area contributed by atoms with Crippen LogP contribution in [0.5, 0.6) is 0 Å². The van der Waals surface area contributed by atoms with Crippen molar-refractivity contribution in [2.75, 3.05) is 0 Å². The summed E-state index contributed by atoms with van der Waals surface area (Å²) in [6.07, 6.45) is -2.67. The smallest absolute Gasteiger partial charge is 0.221 e. The molecule has 0 saturated heterocycles. The highest BCUT2D eigenvalue weighted by Crippen LogP contribution is 2.31. The van der Waals surface area contributed by atoms with Crippen LogP contribution in [0.3, 0.4) is 0 Å². The highest BCUT2D eigenvalue weighted by Gasteiger charge is 2.30. The number of fused-ring (bicyclic) bond motifs is 1. The number of hydrogen-bond acceptors (Lipinski definition) is 2. The lowest BCUT2D eigenvalue weighted by atomic mass is 10.1. The molecule has 0 aliphatic rings. The van der Waals surface area contributed by atoms with Gasteiger partial charge >= 0.3 is 6.18 Å². The van der Waals surface area contributed by atoms with Gasteiger partial charge in [-0.2, -0.15) is 13.2 Å².